The van der Waals surface area contributed by atoms with Gasteiger partial charge >= 0.3 is 0 Å². The number of carbonyl (C=O) groups excluding carboxylic acids is 2. The molecule has 106 valence electrons. The molecule has 0 bridgehead atoms. The van der Waals surface area contributed by atoms with Gasteiger partial charge in [0.15, 0.2) is 6.10 Å². The fraction of sp³-hybridized carbons (Fsp3) is 0.357. The van der Waals surface area contributed by atoms with Gasteiger partial charge in [0.05, 0.1) is 11.6 Å². The Morgan fingerprint density at radius 1 is 1.25 bits per heavy atom. The van der Waals surface area contributed by atoms with Crippen molar-refractivity contribution >= 4 is 11.8 Å². The van der Waals surface area contributed by atoms with Gasteiger partial charge in [-0.15, -0.1) is 0 Å². The van der Waals surface area contributed by atoms with Crippen molar-refractivity contribution in [3.8, 4) is 11.8 Å². The van der Waals surface area contributed by atoms with E-state index in [0.717, 1.165) is 0 Å². The van der Waals surface area contributed by atoms with Gasteiger partial charge in [-0.2, -0.15) is 5.26 Å². The van der Waals surface area contributed by atoms with Crippen LogP contribution in [0.15, 0.2) is 24.3 Å². The molecule has 0 fully saturated rings. The number of nitriles is 1. The third kappa shape index (κ3) is 5.40. The third-order valence-electron chi connectivity index (χ3n) is 2.46. The molecular weight excluding hydrogens is 258 g/mol. The van der Waals surface area contributed by atoms with Gasteiger partial charge in [-0.25, -0.2) is 0 Å². The van der Waals surface area contributed by atoms with E-state index in [9.17, 15) is 9.59 Å². The monoisotopic (exact) mass is 275 g/mol. The van der Waals surface area contributed by atoms with Crippen molar-refractivity contribution in [3.05, 3.63) is 29.8 Å². The molecule has 0 spiro atoms. The average Bonchev–Trinajstić information content (AvgIpc) is 2.44. The number of nitrogens with one attached hydrogen (secondary N) is 2. The molecule has 6 nitrogen and oxygen atoms in total. The number of amides is 2. The van der Waals surface area contributed by atoms with Crippen LogP contribution in [0.4, 0.5) is 0 Å². The second-order valence-electron chi connectivity index (χ2n) is 4.17. The smallest absolute Gasteiger partial charge is 0.260 e. The number of benzene rings is 1. The van der Waals surface area contributed by atoms with Crippen LogP contribution in [0.2, 0.25) is 0 Å². The summed E-state index contributed by atoms with van der Waals surface area (Å²) < 4.78 is 5.44. The van der Waals surface area contributed by atoms with Crippen molar-refractivity contribution in [2.45, 2.75) is 20.0 Å². The van der Waals surface area contributed by atoms with E-state index >= 15 is 0 Å². The molecule has 2 amide bonds. The number of carbonyl (C=O) groups is 2. The van der Waals surface area contributed by atoms with Crippen molar-refractivity contribution < 1.29 is 14.3 Å². The van der Waals surface area contributed by atoms with Gasteiger partial charge in [0.2, 0.25) is 5.91 Å². The molecule has 0 aliphatic carbocycles. The summed E-state index contributed by atoms with van der Waals surface area (Å²) in [6.07, 6.45) is -0.653. The first-order valence-corrected chi connectivity index (χ1v) is 6.22. The zero-order valence-corrected chi connectivity index (χ0v) is 11.5. The Morgan fingerprint density at radius 3 is 2.40 bits per heavy atom. The first-order valence-electron chi connectivity index (χ1n) is 6.22. The topological polar surface area (TPSA) is 91.2 Å². The van der Waals surface area contributed by atoms with Crippen LogP contribution in [0.5, 0.6) is 5.75 Å². The number of nitrogens with zero attached hydrogens (tertiary/aromatic N) is 1. The largest absolute Gasteiger partial charge is 0.481 e. The SMILES string of the molecule is CC(=O)NCCNC(=O)C(C)Oc1ccc(C#N)cc1. The van der Waals surface area contributed by atoms with Crippen LogP contribution >= 0.6 is 0 Å². The maximum atomic E-state index is 11.7. The Kier molecular flexibility index (Phi) is 6.04. The van der Waals surface area contributed by atoms with Gasteiger partial charge in [-0.3, -0.25) is 9.59 Å². The van der Waals surface area contributed by atoms with E-state index in [-0.39, 0.29) is 11.8 Å². The second kappa shape index (κ2) is 7.79. The standard InChI is InChI=1S/C14H17N3O3/c1-10(14(19)17-8-7-16-11(2)18)20-13-5-3-12(9-15)4-6-13/h3-6,10H,7-8H2,1-2H3,(H,16,18)(H,17,19). The van der Waals surface area contributed by atoms with Gasteiger partial charge < -0.3 is 15.4 Å². The molecule has 1 unspecified atom stereocenters. The lowest BCUT2D eigenvalue weighted by molar-refractivity contribution is -0.127. The first kappa shape index (κ1) is 15.5. The van der Waals surface area contributed by atoms with Crippen LogP contribution < -0.4 is 15.4 Å². The van der Waals surface area contributed by atoms with Crippen LogP contribution in [0.1, 0.15) is 19.4 Å². The Morgan fingerprint density at radius 2 is 1.85 bits per heavy atom. The van der Waals surface area contributed by atoms with Crippen molar-refractivity contribution in [1.29, 1.82) is 5.26 Å². The number of hydrogen-bond acceptors (Lipinski definition) is 4. The lowest BCUT2D eigenvalue weighted by Crippen LogP contribution is -2.40. The highest BCUT2D eigenvalue weighted by Crippen LogP contribution is 2.13. The Labute approximate surface area is 117 Å². The van der Waals surface area contributed by atoms with E-state index in [1.807, 2.05) is 6.07 Å². The van der Waals surface area contributed by atoms with E-state index in [1.54, 1.807) is 31.2 Å². The second-order valence-corrected chi connectivity index (χ2v) is 4.17. The van der Waals surface area contributed by atoms with E-state index < -0.39 is 6.10 Å². The predicted molar refractivity (Wildman–Crippen MR) is 72.9 cm³/mol. The van der Waals surface area contributed by atoms with Crippen LogP contribution in [-0.4, -0.2) is 31.0 Å². The molecule has 0 saturated carbocycles. The Bertz CT molecular complexity index is 505. The lowest BCUT2D eigenvalue weighted by atomic mass is 10.2. The first-order chi connectivity index (χ1) is 9.52. The third-order valence-corrected chi connectivity index (χ3v) is 2.46. The molecular formula is C14H17N3O3. The van der Waals surface area contributed by atoms with Crippen LogP contribution in [-0.2, 0) is 9.59 Å². The number of ether oxygens (including phenoxy) is 1. The quantitative estimate of drug-likeness (QED) is 0.743. The molecule has 0 radical (unpaired) electrons. The molecule has 2 N–H and O–H groups in total. The molecule has 0 aliphatic heterocycles. The van der Waals surface area contributed by atoms with E-state index in [0.29, 0.717) is 24.4 Å². The summed E-state index contributed by atoms with van der Waals surface area (Å²) in [7, 11) is 0. The van der Waals surface area contributed by atoms with Gasteiger partial charge in [-0.1, -0.05) is 0 Å². The molecule has 1 aromatic carbocycles. The fourth-order valence-corrected chi connectivity index (χ4v) is 1.43. The van der Waals surface area contributed by atoms with Crippen molar-refractivity contribution in [1.82, 2.24) is 10.6 Å². The molecule has 1 aromatic rings. The fourth-order valence-electron chi connectivity index (χ4n) is 1.43. The summed E-state index contributed by atoms with van der Waals surface area (Å²) in [5.41, 5.74) is 0.532. The average molecular weight is 275 g/mol. The zero-order valence-electron chi connectivity index (χ0n) is 11.5. The lowest BCUT2D eigenvalue weighted by Gasteiger charge is -2.14. The summed E-state index contributed by atoms with van der Waals surface area (Å²) in [6.45, 7) is 3.77. The zero-order chi connectivity index (χ0) is 15.0. The predicted octanol–water partition coefficient (Wildman–Crippen LogP) is 0.578. The minimum atomic E-state index is -0.653. The Hall–Kier alpha value is -2.55. The molecule has 0 saturated heterocycles. The normalized spacial score (nSPS) is 11.1. The molecule has 0 aromatic heterocycles. The van der Waals surface area contributed by atoms with Gasteiger partial charge in [0.25, 0.3) is 5.91 Å². The summed E-state index contributed by atoms with van der Waals surface area (Å²) in [6, 6.07) is 8.52. The minimum Gasteiger partial charge on any atom is -0.481 e. The molecule has 20 heavy (non-hydrogen) atoms. The van der Waals surface area contributed by atoms with E-state index in [1.165, 1.54) is 6.92 Å². The highest BCUT2D eigenvalue weighted by molar-refractivity contribution is 5.80. The molecule has 6 heteroatoms. The van der Waals surface area contributed by atoms with Gasteiger partial charge in [0.1, 0.15) is 5.75 Å². The maximum absolute atomic E-state index is 11.7. The van der Waals surface area contributed by atoms with Crippen molar-refractivity contribution in [3.63, 3.8) is 0 Å². The van der Waals surface area contributed by atoms with Gasteiger partial charge in [0, 0.05) is 20.0 Å². The highest BCUT2D eigenvalue weighted by atomic mass is 16.5. The minimum absolute atomic E-state index is 0.138. The van der Waals surface area contributed by atoms with Gasteiger partial charge in [-0.05, 0) is 31.2 Å². The highest BCUT2D eigenvalue weighted by Gasteiger charge is 2.13. The van der Waals surface area contributed by atoms with Crippen molar-refractivity contribution in [2.24, 2.45) is 0 Å². The molecule has 1 rings (SSSR count). The summed E-state index contributed by atoms with van der Waals surface area (Å²) in [5, 5.41) is 13.9. The van der Waals surface area contributed by atoms with Crippen molar-refractivity contribution in [2.75, 3.05) is 13.1 Å². The van der Waals surface area contributed by atoms with Crippen LogP contribution in [0, 0.1) is 11.3 Å². The number of rotatable bonds is 6. The van der Waals surface area contributed by atoms with E-state index in [4.69, 9.17) is 10.00 Å². The Balaban J connectivity index is 2.37. The molecule has 0 aliphatic rings. The van der Waals surface area contributed by atoms with Crippen LogP contribution in [0.3, 0.4) is 0 Å². The van der Waals surface area contributed by atoms with Crippen LogP contribution in [0.25, 0.3) is 0 Å². The summed E-state index contributed by atoms with van der Waals surface area (Å²) in [5.74, 6) is 0.120. The molecule has 0 heterocycles. The number of hydrogen-bond donors (Lipinski definition) is 2. The summed E-state index contributed by atoms with van der Waals surface area (Å²) in [4.78, 5) is 22.4. The summed E-state index contributed by atoms with van der Waals surface area (Å²) >= 11 is 0. The van der Waals surface area contributed by atoms with E-state index in [2.05, 4.69) is 10.6 Å². The molecule has 1 atom stereocenters. The maximum Gasteiger partial charge on any atom is 0.260 e.